The molecule has 1 amide bonds. The van der Waals surface area contributed by atoms with Gasteiger partial charge in [-0.3, -0.25) is 14.9 Å². The monoisotopic (exact) mass is 407 g/mol. The average molecular weight is 408 g/mol. The van der Waals surface area contributed by atoms with E-state index in [0.29, 0.717) is 31.3 Å². The molecule has 158 valence electrons. The van der Waals surface area contributed by atoms with Crippen molar-refractivity contribution in [3.63, 3.8) is 0 Å². The van der Waals surface area contributed by atoms with E-state index in [1.807, 2.05) is 60.0 Å². The Hall–Kier alpha value is -2.99. The molecule has 0 spiro atoms. The maximum atomic E-state index is 12.5. The third-order valence-electron chi connectivity index (χ3n) is 5.04. The fourth-order valence-electron chi connectivity index (χ4n) is 3.35. The van der Waals surface area contributed by atoms with Crippen molar-refractivity contribution < 1.29 is 14.3 Å². The molecule has 1 heterocycles. The fraction of sp³-hybridized carbons (Fsp3) is 0.375. The lowest BCUT2D eigenvalue weighted by molar-refractivity contribution is -0.116. The smallest absolute Gasteiger partial charge is 0.227 e. The average Bonchev–Trinajstić information content (AvgIpc) is 3.12. The zero-order chi connectivity index (χ0) is 21.3. The Morgan fingerprint density at radius 3 is 2.53 bits per heavy atom. The Bertz CT molecular complexity index is 993. The predicted molar refractivity (Wildman–Crippen MR) is 119 cm³/mol. The van der Waals surface area contributed by atoms with E-state index >= 15 is 0 Å². The number of amides is 1. The van der Waals surface area contributed by atoms with E-state index in [-0.39, 0.29) is 24.5 Å². The lowest BCUT2D eigenvalue weighted by atomic mass is 10.0. The van der Waals surface area contributed by atoms with Gasteiger partial charge in [0.2, 0.25) is 11.9 Å². The number of hydrogen-bond donors (Lipinski definition) is 1. The highest BCUT2D eigenvalue weighted by Crippen LogP contribution is 2.20. The van der Waals surface area contributed by atoms with Gasteiger partial charge in [0, 0.05) is 38.2 Å². The van der Waals surface area contributed by atoms with Crippen LogP contribution in [0.2, 0.25) is 0 Å². The third kappa shape index (κ3) is 5.54. The molecule has 6 nitrogen and oxygen atoms in total. The molecule has 0 bridgehead atoms. The number of nitrogens with zero attached hydrogens (tertiary/aromatic N) is 2. The van der Waals surface area contributed by atoms with Gasteiger partial charge in [0.15, 0.2) is 5.78 Å². The summed E-state index contributed by atoms with van der Waals surface area (Å²) in [7, 11) is 0. The van der Waals surface area contributed by atoms with Crippen molar-refractivity contribution in [2.24, 2.45) is 0 Å². The van der Waals surface area contributed by atoms with E-state index in [2.05, 4.69) is 17.2 Å². The first kappa shape index (κ1) is 21.7. The second-order valence-electron chi connectivity index (χ2n) is 7.15. The zero-order valence-electron chi connectivity index (χ0n) is 17.7. The number of fused-ring (bicyclic) bond motifs is 1. The number of aryl methyl sites for hydroxylation is 2. The number of imidazole rings is 1. The zero-order valence-corrected chi connectivity index (χ0v) is 17.7. The summed E-state index contributed by atoms with van der Waals surface area (Å²) >= 11 is 0. The molecule has 0 atom stereocenters. The van der Waals surface area contributed by atoms with Crippen molar-refractivity contribution in [1.29, 1.82) is 0 Å². The van der Waals surface area contributed by atoms with Crippen molar-refractivity contribution >= 4 is 28.7 Å². The lowest BCUT2D eigenvalue weighted by Gasteiger charge is -2.10. The Labute approximate surface area is 177 Å². The number of anilines is 1. The molecule has 0 aliphatic heterocycles. The second kappa shape index (κ2) is 10.7. The minimum atomic E-state index is -0.213. The van der Waals surface area contributed by atoms with Gasteiger partial charge in [-0.15, -0.1) is 0 Å². The van der Waals surface area contributed by atoms with Crippen LogP contribution in [0, 0.1) is 0 Å². The number of aromatic nitrogens is 2. The summed E-state index contributed by atoms with van der Waals surface area (Å²) in [5.74, 6) is 0.269. The van der Waals surface area contributed by atoms with E-state index in [0.717, 1.165) is 23.9 Å². The van der Waals surface area contributed by atoms with E-state index in [4.69, 9.17) is 4.74 Å². The van der Waals surface area contributed by atoms with Gasteiger partial charge in [-0.1, -0.05) is 43.3 Å². The summed E-state index contributed by atoms with van der Waals surface area (Å²) in [6.45, 7) is 6.08. The molecule has 0 aliphatic carbocycles. The number of rotatable bonds is 11. The number of para-hydroxylation sites is 2. The van der Waals surface area contributed by atoms with Crippen LogP contribution in [-0.4, -0.2) is 34.5 Å². The van der Waals surface area contributed by atoms with Crippen LogP contribution < -0.4 is 5.32 Å². The van der Waals surface area contributed by atoms with Gasteiger partial charge < -0.3 is 9.30 Å². The first-order valence-corrected chi connectivity index (χ1v) is 10.6. The molecule has 1 N–H and O–H groups in total. The number of ketones is 1. The molecule has 0 fully saturated rings. The summed E-state index contributed by atoms with van der Waals surface area (Å²) in [5.41, 5.74) is 3.63. The van der Waals surface area contributed by atoms with Crippen LogP contribution in [0.25, 0.3) is 11.0 Å². The molecule has 0 saturated heterocycles. The van der Waals surface area contributed by atoms with Gasteiger partial charge in [0.05, 0.1) is 11.0 Å². The van der Waals surface area contributed by atoms with E-state index in [1.165, 1.54) is 5.56 Å². The van der Waals surface area contributed by atoms with Crippen LogP contribution in [0.15, 0.2) is 48.5 Å². The molecule has 3 aromatic rings. The van der Waals surface area contributed by atoms with Crippen LogP contribution in [0.3, 0.4) is 0 Å². The van der Waals surface area contributed by atoms with E-state index in [9.17, 15) is 9.59 Å². The number of Topliss-reactive ketones (excluding diaryl/α,β-unsaturated/α-hetero) is 1. The molecular formula is C24H29N3O3. The molecule has 2 aromatic carbocycles. The van der Waals surface area contributed by atoms with Crippen molar-refractivity contribution in [3.8, 4) is 0 Å². The number of ether oxygens (including phenoxy) is 1. The Balaban J connectivity index is 1.62. The molecule has 30 heavy (non-hydrogen) atoms. The van der Waals surface area contributed by atoms with Gasteiger partial charge in [-0.2, -0.15) is 0 Å². The van der Waals surface area contributed by atoms with Gasteiger partial charge in [-0.05, 0) is 37.5 Å². The van der Waals surface area contributed by atoms with Gasteiger partial charge in [-0.25, -0.2) is 4.98 Å². The third-order valence-corrected chi connectivity index (χ3v) is 5.04. The van der Waals surface area contributed by atoms with Gasteiger partial charge in [0.1, 0.15) is 0 Å². The van der Waals surface area contributed by atoms with E-state index in [1.54, 1.807) is 0 Å². The molecular weight excluding hydrogens is 378 g/mol. The Morgan fingerprint density at radius 2 is 1.80 bits per heavy atom. The number of carbonyl (C=O) groups is 2. The fourth-order valence-corrected chi connectivity index (χ4v) is 3.35. The first-order chi connectivity index (χ1) is 14.6. The predicted octanol–water partition coefficient (Wildman–Crippen LogP) is 4.63. The molecule has 0 radical (unpaired) electrons. The molecule has 6 heteroatoms. The molecule has 0 unspecified atom stereocenters. The highest BCUT2D eigenvalue weighted by Gasteiger charge is 2.15. The van der Waals surface area contributed by atoms with Gasteiger partial charge in [0.25, 0.3) is 0 Å². The quantitative estimate of drug-likeness (QED) is 0.372. The standard InChI is InChI=1S/C24H29N3O3/c1-3-18-10-12-19(13-11-18)22(28)14-15-23(29)26-24-25-20-8-5-6-9-21(20)27(24)16-7-17-30-4-2/h5-6,8-13H,3-4,7,14-17H2,1-2H3,(H,25,26,29). The topological polar surface area (TPSA) is 73.2 Å². The SMILES string of the molecule is CCOCCCn1c(NC(=O)CCC(=O)c2ccc(CC)cc2)nc2ccccc21. The van der Waals surface area contributed by atoms with Crippen LogP contribution in [0.1, 0.15) is 49.0 Å². The Morgan fingerprint density at radius 1 is 1.03 bits per heavy atom. The number of benzene rings is 2. The first-order valence-electron chi connectivity index (χ1n) is 10.6. The maximum Gasteiger partial charge on any atom is 0.227 e. The van der Waals surface area contributed by atoms with Crippen molar-refractivity contribution in [1.82, 2.24) is 9.55 Å². The minimum absolute atomic E-state index is 0.0296. The Kier molecular flexibility index (Phi) is 7.74. The van der Waals surface area contributed by atoms with Crippen molar-refractivity contribution in [3.05, 3.63) is 59.7 Å². The highest BCUT2D eigenvalue weighted by molar-refractivity contribution is 6.00. The summed E-state index contributed by atoms with van der Waals surface area (Å²) in [4.78, 5) is 29.5. The van der Waals surface area contributed by atoms with Gasteiger partial charge >= 0.3 is 0 Å². The van der Waals surface area contributed by atoms with Crippen LogP contribution in [-0.2, 0) is 22.5 Å². The number of nitrogens with one attached hydrogen (secondary N) is 1. The van der Waals surface area contributed by atoms with Crippen LogP contribution in [0.5, 0.6) is 0 Å². The number of carbonyl (C=O) groups excluding carboxylic acids is 2. The molecule has 3 rings (SSSR count). The maximum absolute atomic E-state index is 12.5. The van der Waals surface area contributed by atoms with Crippen LogP contribution in [0.4, 0.5) is 5.95 Å². The van der Waals surface area contributed by atoms with Crippen molar-refractivity contribution in [2.45, 2.75) is 46.1 Å². The summed E-state index contributed by atoms with van der Waals surface area (Å²) in [6, 6.07) is 15.4. The normalized spacial score (nSPS) is 11.0. The summed E-state index contributed by atoms with van der Waals surface area (Å²) in [6.07, 6.45) is 2.05. The largest absolute Gasteiger partial charge is 0.382 e. The lowest BCUT2D eigenvalue weighted by Crippen LogP contribution is -2.17. The molecule has 0 saturated carbocycles. The van der Waals surface area contributed by atoms with Crippen LogP contribution >= 0.6 is 0 Å². The number of hydrogen-bond acceptors (Lipinski definition) is 4. The summed E-state index contributed by atoms with van der Waals surface area (Å²) in [5, 5.41) is 2.89. The highest BCUT2D eigenvalue weighted by atomic mass is 16.5. The van der Waals surface area contributed by atoms with Crippen molar-refractivity contribution in [2.75, 3.05) is 18.5 Å². The molecule has 0 aliphatic rings. The van der Waals surface area contributed by atoms with E-state index < -0.39 is 0 Å². The molecule has 1 aromatic heterocycles. The minimum Gasteiger partial charge on any atom is -0.382 e. The summed E-state index contributed by atoms with van der Waals surface area (Å²) < 4.78 is 7.43. The second-order valence-corrected chi connectivity index (χ2v) is 7.15.